The van der Waals surface area contributed by atoms with Crippen molar-refractivity contribution in [3.8, 4) is 0 Å². The molecule has 0 amide bonds. The van der Waals surface area contributed by atoms with Gasteiger partial charge in [-0.05, 0) is 0 Å². The lowest BCUT2D eigenvalue weighted by molar-refractivity contribution is -0.127. The van der Waals surface area contributed by atoms with E-state index in [1.54, 1.807) is 0 Å². The fourth-order valence-electron chi connectivity index (χ4n) is 0.538. The number of nitrogens with one attached hydrogen (secondary N) is 1. The maximum absolute atomic E-state index is 11.5. The van der Waals surface area contributed by atoms with Gasteiger partial charge in [0, 0.05) is 12.3 Å². The molecule has 1 N–H and O–H groups in total. The smallest absolute Gasteiger partial charge is 0.285 e. The summed E-state index contributed by atoms with van der Waals surface area (Å²) in [5.41, 5.74) is -0.104. The summed E-state index contributed by atoms with van der Waals surface area (Å²) in [6.45, 7) is 0. The first-order chi connectivity index (χ1) is 4.58. The average Bonchev–Trinajstić information content (AvgIpc) is 2.12. The van der Waals surface area contributed by atoms with E-state index in [1.165, 1.54) is 6.20 Å². The highest BCUT2D eigenvalue weighted by molar-refractivity contribution is 4.96. The predicted molar refractivity (Wildman–Crippen MR) is 27.2 cm³/mol. The molecule has 0 saturated heterocycles. The summed E-state index contributed by atoms with van der Waals surface area (Å²) < 4.78 is 34.6. The van der Waals surface area contributed by atoms with Gasteiger partial charge in [0.15, 0.2) is 0 Å². The minimum absolute atomic E-state index is 0.104. The molecular weight excluding hydrogens is 145 g/mol. The SMILES string of the molecule is FC(F)(F)Cc1[c]c[nH]n1. The Morgan fingerprint density at radius 3 is 2.70 bits per heavy atom. The number of H-pyrrole nitrogens is 1. The van der Waals surface area contributed by atoms with Gasteiger partial charge in [-0.2, -0.15) is 18.3 Å². The lowest BCUT2D eigenvalue weighted by atomic mass is 10.3. The Bertz CT molecular complexity index is 189. The van der Waals surface area contributed by atoms with Gasteiger partial charge in [-0.1, -0.05) is 0 Å². The lowest BCUT2D eigenvalue weighted by Crippen LogP contribution is -2.11. The maximum Gasteiger partial charge on any atom is 0.394 e. The van der Waals surface area contributed by atoms with Crippen LogP contribution < -0.4 is 0 Å². The highest BCUT2D eigenvalue weighted by Gasteiger charge is 2.28. The van der Waals surface area contributed by atoms with Gasteiger partial charge in [0.2, 0.25) is 0 Å². The van der Waals surface area contributed by atoms with Crippen LogP contribution in [-0.2, 0) is 6.42 Å². The summed E-state index contributed by atoms with van der Waals surface area (Å²) >= 11 is 0. The van der Waals surface area contributed by atoms with Crippen molar-refractivity contribution in [2.24, 2.45) is 0 Å². The molecule has 0 atom stereocenters. The van der Waals surface area contributed by atoms with Crippen molar-refractivity contribution in [1.82, 2.24) is 10.2 Å². The average molecular weight is 149 g/mol. The molecule has 5 heteroatoms. The molecule has 0 saturated carbocycles. The summed E-state index contributed by atoms with van der Waals surface area (Å²) in [5.74, 6) is 0. The Morgan fingerprint density at radius 1 is 1.60 bits per heavy atom. The monoisotopic (exact) mass is 149 g/mol. The van der Waals surface area contributed by atoms with E-state index in [2.05, 4.69) is 16.3 Å². The fourth-order valence-corrected chi connectivity index (χ4v) is 0.538. The molecule has 55 valence electrons. The number of hydrogen-bond donors (Lipinski definition) is 1. The van der Waals surface area contributed by atoms with Gasteiger partial charge in [0.05, 0.1) is 12.1 Å². The Morgan fingerprint density at radius 2 is 2.30 bits per heavy atom. The molecule has 1 rings (SSSR count). The Hall–Kier alpha value is -1.00. The van der Waals surface area contributed by atoms with Crippen LogP contribution in [0.2, 0.25) is 0 Å². The van der Waals surface area contributed by atoms with Crippen molar-refractivity contribution in [3.05, 3.63) is 18.0 Å². The van der Waals surface area contributed by atoms with Crippen LogP contribution in [-0.4, -0.2) is 16.4 Å². The second-order valence-electron chi connectivity index (χ2n) is 1.77. The summed E-state index contributed by atoms with van der Waals surface area (Å²) in [6, 6.07) is 2.31. The minimum Gasteiger partial charge on any atom is -0.285 e. The van der Waals surface area contributed by atoms with Gasteiger partial charge in [0.25, 0.3) is 0 Å². The number of nitrogens with zero attached hydrogens (tertiary/aromatic N) is 1. The van der Waals surface area contributed by atoms with Crippen molar-refractivity contribution in [1.29, 1.82) is 0 Å². The van der Waals surface area contributed by atoms with Gasteiger partial charge < -0.3 is 0 Å². The molecule has 0 aromatic carbocycles. The van der Waals surface area contributed by atoms with E-state index in [4.69, 9.17) is 0 Å². The Kier molecular flexibility index (Phi) is 1.65. The zero-order valence-electron chi connectivity index (χ0n) is 4.87. The van der Waals surface area contributed by atoms with Crippen LogP contribution in [0.1, 0.15) is 5.69 Å². The van der Waals surface area contributed by atoms with Crippen molar-refractivity contribution in [2.45, 2.75) is 12.6 Å². The van der Waals surface area contributed by atoms with Crippen molar-refractivity contribution in [2.75, 3.05) is 0 Å². The molecule has 1 aromatic heterocycles. The second-order valence-corrected chi connectivity index (χ2v) is 1.77. The quantitative estimate of drug-likeness (QED) is 0.640. The van der Waals surface area contributed by atoms with E-state index in [-0.39, 0.29) is 5.69 Å². The second kappa shape index (κ2) is 2.32. The van der Waals surface area contributed by atoms with Gasteiger partial charge in [-0.25, -0.2) is 0 Å². The van der Waals surface area contributed by atoms with Crippen LogP contribution in [0.15, 0.2) is 6.20 Å². The summed E-state index contributed by atoms with van der Waals surface area (Å²) in [4.78, 5) is 0. The highest BCUT2D eigenvalue weighted by Crippen LogP contribution is 2.19. The first-order valence-electron chi connectivity index (χ1n) is 2.55. The zero-order chi connectivity index (χ0) is 7.61. The lowest BCUT2D eigenvalue weighted by Gasteiger charge is -2.00. The molecule has 0 spiro atoms. The highest BCUT2D eigenvalue weighted by atomic mass is 19.4. The van der Waals surface area contributed by atoms with E-state index in [9.17, 15) is 13.2 Å². The van der Waals surface area contributed by atoms with Gasteiger partial charge in [0.1, 0.15) is 0 Å². The summed E-state index contributed by atoms with van der Waals surface area (Å²) in [5, 5.41) is 5.55. The number of alkyl halides is 3. The van der Waals surface area contributed by atoms with Crippen LogP contribution >= 0.6 is 0 Å². The fraction of sp³-hybridized carbons (Fsp3) is 0.400. The molecule has 1 heterocycles. The largest absolute Gasteiger partial charge is 0.394 e. The molecule has 0 fully saturated rings. The van der Waals surface area contributed by atoms with Crippen LogP contribution in [0.3, 0.4) is 0 Å². The molecule has 2 nitrogen and oxygen atoms in total. The van der Waals surface area contributed by atoms with E-state index in [1.807, 2.05) is 0 Å². The minimum atomic E-state index is -4.19. The van der Waals surface area contributed by atoms with Crippen molar-refractivity contribution >= 4 is 0 Å². The van der Waals surface area contributed by atoms with Gasteiger partial charge in [-0.15, -0.1) is 0 Å². The van der Waals surface area contributed by atoms with E-state index in [0.717, 1.165) is 0 Å². The van der Waals surface area contributed by atoms with E-state index < -0.39 is 12.6 Å². The molecule has 10 heavy (non-hydrogen) atoms. The summed E-state index contributed by atoms with van der Waals surface area (Å²) in [7, 11) is 0. The predicted octanol–water partition coefficient (Wildman–Crippen LogP) is 1.31. The zero-order valence-corrected chi connectivity index (χ0v) is 4.87. The number of aromatic amines is 1. The number of aromatic nitrogens is 2. The van der Waals surface area contributed by atoms with Crippen molar-refractivity contribution in [3.63, 3.8) is 0 Å². The topological polar surface area (TPSA) is 28.7 Å². The molecular formula is C5H4F3N2. The third-order valence-electron chi connectivity index (χ3n) is 0.871. The number of hydrogen-bond acceptors (Lipinski definition) is 1. The first-order valence-corrected chi connectivity index (χ1v) is 2.55. The third kappa shape index (κ3) is 2.08. The summed E-state index contributed by atoms with van der Waals surface area (Å²) in [6.07, 6.45) is -3.97. The van der Waals surface area contributed by atoms with Crippen molar-refractivity contribution < 1.29 is 13.2 Å². The van der Waals surface area contributed by atoms with E-state index >= 15 is 0 Å². The standard InChI is InChI=1S/C5H4F3N2/c6-5(7,8)3-4-1-2-9-10-4/h2H,3H2,(H,9,10). The van der Waals surface area contributed by atoms with E-state index in [0.29, 0.717) is 0 Å². The molecule has 0 aliphatic carbocycles. The molecule has 0 unspecified atom stereocenters. The Labute approximate surface area is 55.1 Å². The van der Waals surface area contributed by atoms with Crippen LogP contribution in [0.5, 0.6) is 0 Å². The first kappa shape index (κ1) is 7.11. The molecule has 0 aliphatic rings. The van der Waals surface area contributed by atoms with Crippen LogP contribution in [0.25, 0.3) is 0 Å². The molecule has 1 aromatic rings. The van der Waals surface area contributed by atoms with Crippen LogP contribution in [0, 0.1) is 6.07 Å². The molecule has 0 aliphatic heterocycles. The number of halogens is 3. The van der Waals surface area contributed by atoms with Gasteiger partial charge >= 0.3 is 6.18 Å². The normalized spacial score (nSPS) is 11.9. The third-order valence-corrected chi connectivity index (χ3v) is 0.871. The Balaban J connectivity index is 2.57. The molecule has 1 radical (unpaired) electrons. The number of rotatable bonds is 1. The maximum atomic E-state index is 11.5. The van der Waals surface area contributed by atoms with Crippen LogP contribution in [0.4, 0.5) is 13.2 Å². The molecule has 0 bridgehead atoms. The van der Waals surface area contributed by atoms with Gasteiger partial charge in [-0.3, -0.25) is 5.10 Å².